The number of nitrogens with zero attached hydrogens (tertiary/aromatic N) is 2. The van der Waals surface area contributed by atoms with Gasteiger partial charge in [0.05, 0.1) is 6.54 Å². The molecule has 1 unspecified atom stereocenters. The van der Waals surface area contributed by atoms with Crippen molar-refractivity contribution in [3.05, 3.63) is 27.0 Å². The Morgan fingerprint density at radius 1 is 1.50 bits per heavy atom. The fourth-order valence-electron chi connectivity index (χ4n) is 1.22. The molecule has 90 valence electrons. The third-order valence-electron chi connectivity index (χ3n) is 1.98. The van der Waals surface area contributed by atoms with Crippen LogP contribution in [0.15, 0.2) is 15.9 Å². The molecule has 1 heterocycles. The smallest absolute Gasteiger partial charge is 0.330 e. The molecule has 0 aliphatic carbocycles. The van der Waals surface area contributed by atoms with Gasteiger partial charge in [0.1, 0.15) is 12.4 Å². The maximum Gasteiger partial charge on any atom is 0.330 e. The Kier molecular flexibility index (Phi) is 4.35. The highest BCUT2D eigenvalue weighted by molar-refractivity contribution is 4.76. The quantitative estimate of drug-likeness (QED) is 0.444. The van der Waals surface area contributed by atoms with Gasteiger partial charge in [0.15, 0.2) is 6.29 Å². The molecular formula is C8H13N3O5. The predicted molar refractivity (Wildman–Crippen MR) is 52.9 cm³/mol. The third-order valence-corrected chi connectivity index (χ3v) is 1.98. The number of aliphatic hydroxyl groups is 1. The maximum atomic E-state index is 11.3. The van der Waals surface area contributed by atoms with E-state index in [1.807, 2.05) is 5.10 Å². The molecular weight excluding hydrogens is 218 g/mol. The van der Waals surface area contributed by atoms with Crippen molar-refractivity contribution in [2.75, 3.05) is 14.2 Å². The summed E-state index contributed by atoms with van der Waals surface area (Å²) in [6, 6.07) is 0. The minimum absolute atomic E-state index is 0.137. The molecule has 1 rings (SSSR count). The van der Waals surface area contributed by atoms with Crippen LogP contribution >= 0.6 is 0 Å². The lowest BCUT2D eigenvalue weighted by Crippen LogP contribution is -2.42. The highest BCUT2D eigenvalue weighted by Gasteiger charge is 2.19. The van der Waals surface area contributed by atoms with Crippen molar-refractivity contribution in [2.24, 2.45) is 0 Å². The molecule has 0 amide bonds. The average molecular weight is 231 g/mol. The third kappa shape index (κ3) is 2.75. The number of hydrogen-bond acceptors (Lipinski definition) is 6. The van der Waals surface area contributed by atoms with Gasteiger partial charge in [0.2, 0.25) is 0 Å². The number of aromatic nitrogens is 3. The van der Waals surface area contributed by atoms with Crippen LogP contribution in [0.4, 0.5) is 0 Å². The van der Waals surface area contributed by atoms with E-state index in [9.17, 15) is 14.7 Å². The molecule has 8 heteroatoms. The molecule has 0 bridgehead atoms. The van der Waals surface area contributed by atoms with Crippen LogP contribution in [0.3, 0.4) is 0 Å². The minimum atomic E-state index is -1.07. The molecule has 2 N–H and O–H groups in total. The lowest BCUT2D eigenvalue weighted by atomic mass is 10.3. The van der Waals surface area contributed by atoms with Crippen LogP contribution in [0, 0.1) is 0 Å². The predicted octanol–water partition coefficient (Wildman–Crippen LogP) is -2.09. The maximum absolute atomic E-state index is 11.3. The lowest BCUT2D eigenvalue weighted by Gasteiger charge is -2.20. The zero-order valence-electron chi connectivity index (χ0n) is 8.91. The summed E-state index contributed by atoms with van der Waals surface area (Å²) >= 11 is 0. The van der Waals surface area contributed by atoms with Gasteiger partial charge in [-0.25, -0.2) is 5.10 Å². The molecule has 0 spiro atoms. The molecule has 16 heavy (non-hydrogen) atoms. The summed E-state index contributed by atoms with van der Waals surface area (Å²) in [7, 11) is 2.71. The standard InChI is InChI=1S/C8H13N3O5/c1-15-8(16-2)5(12)3-11-4-9-10-6(13)7(11)14/h4-5,8,12H,3H2,1-2H3,(H,10,13). The molecule has 0 saturated heterocycles. The van der Waals surface area contributed by atoms with Crippen molar-refractivity contribution in [2.45, 2.75) is 18.9 Å². The van der Waals surface area contributed by atoms with Gasteiger partial charge in [-0.2, -0.15) is 5.10 Å². The second-order valence-corrected chi connectivity index (χ2v) is 3.05. The Bertz CT molecular complexity index is 436. The largest absolute Gasteiger partial charge is 0.386 e. The molecule has 0 radical (unpaired) electrons. The van der Waals surface area contributed by atoms with Crippen molar-refractivity contribution >= 4 is 0 Å². The molecule has 1 aromatic rings. The van der Waals surface area contributed by atoms with Gasteiger partial charge < -0.3 is 14.6 Å². The Morgan fingerprint density at radius 2 is 2.12 bits per heavy atom. The van der Waals surface area contributed by atoms with Gasteiger partial charge in [0.25, 0.3) is 0 Å². The van der Waals surface area contributed by atoms with E-state index in [1.165, 1.54) is 14.2 Å². The van der Waals surface area contributed by atoms with Gasteiger partial charge in [0, 0.05) is 14.2 Å². The average Bonchev–Trinajstić information content (AvgIpc) is 2.26. The van der Waals surface area contributed by atoms with Crippen LogP contribution in [0.25, 0.3) is 0 Å². The fraction of sp³-hybridized carbons (Fsp3) is 0.625. The van der Waals surface area contributed by atoms with Crippen LogP contribution in [0.2, 0.25) is 0 Å². The van der Waals surface area contributed by atoms with Gasteiger partial charge in [-0.1, -0.05) is 0 Å². The normalized spacial score (nSPS) is 13.0. The zero-order chi connectivity index (χ0) is 12.1. The second-order valence-electron chi connectivity index (χ2n) is 3.05. The van der Waals surface area contributed by atoms with E-state index in [-0.39, 0.29) is 6.54 Å². The number of nitrogens with one attached hydrogen (secondary N) is 1. The van der Waals surface area contributed by atoms with E-state index < -0.39 is 23.5 Å². The number of aromatic amines is 1. The highest BCUT2D eigenvalue weighted by Crippen LogP contribution is 2.00. The number of rotatable bonds is 5. The number of methoxy groups -OCH3 is 2. The van der Waals surface area contributed by atoms with Crippen LogP contribution in [-0.2, 0) is 16.0 Å². The van der Waals surface area contributed by atoms with Crippen LogP contribution < -0.4 is 11.1 Å². The molecule has 0 fully saturated rings. The number of H-pyrrole nitrogens is 1. The number of hydrogen-bond donors (Lipinski definition) is 2. The first-order chi connectivity index (χ1) is 7.60. The topological polar surface area (TPSA) is 106 Å². The monoisotopic (exact) mass is 231 g/mol. The van der Waals surface area contributed by atoms with Crippen LogP contribution in [0.5, 0.6) is 0 Å². The first-order valence-corrected chi connectivity index (χ1v) is 4.48. The van der Waals surface area contributed by atoms with E-state index in [0.29, 0.717) is 0 Å². The molecule has 8 nitrogen and oxygen atoms in total. The molecule has 0 saturated carbocycles. The molecule has 0 aliphatic rings. The Hall–Kier alpha value is -1.51. The summed E-state index contributed by atoms with van der Waals surface area (Å²) in [6.45, 7) is -0.137. The minimum Gasteiger partial charge on any atom is -0.386 e. The van der Waals surface area contributed by atoms with Crippen LogP contribution in [0.1, 0.15) is 0 Å². The molecule has 0 aliphatic heterocycles. The Morgan fingerprint density at radius 3 is 2.69 bits per heavy atom. The van der Waals surface area contributed by atoms with Crippen molar-refractivity contribution in [1.82, 2.24) is 14.8 Å². The fourth-order valence-corrected chi connectivity index (χ4v) is 1.22. The number of aliphatic hydroxyl groups excluding tert-OH is 1. The van der Waals surface area contributed by atoms with E-state index in [0.717, 1.165) is 10.9 Å². The van der Waals surface area contributed by atoms with Gasteiger partial charge >= 0.3 is 11.1 Å². The summed E-state index contributed by atoms with van der Waals surface area (Å²) in [5, 5.41) is 15.1. The summed E-state index contributed by atoms with van der Waals surface area (Å²) < 4.78 is 10.6. The summed E-state index contributed by atoms with van der Waals surface area (Å²) in [4.78, 5) is 22.2. The van der Waals surface area contributed by atoms with E-state index in [2.05, 4.69) is 5.10 Å². The highest BCUT2D eigenvalue weighted by atomic mass is 16.7. The van der Waals surface area contributed by atoms with E-state index in [1.54, 1.807) is 0 Å². The lowest BCUT2D eigenvalue weighted by molar-refractivity contribution is -0.167. The van der Waals surface area contributed by atoms with Gasteiger partial charge in [-0.3, -0.25) is 14.2 Å². The van der Waals surface area contributed by atoms with Crippen molar-refractivity contribution in [1.29, 1.82) is 0 Å². The summed E-state index contributed by atoms with van der Waals surface area (Å²) in [5.74, 6) is 0. The van der Waals surface area contributed by atoms with Crippen LogP contribution in [-0.4, -0.2) is 46.5 Å². The zero-order valence-corrected chi connectivity index (χ0v) is 8.91. The summed E-state index contributed by atoms with van der Waals surface area (Å²) in [6.07, 6.45) is -0.822. The van der Waals surface area contributed by atoms with Gasteiger partial charge in [-0.15, -0.1) is 0 Å². The first kappa shape index (κ1) is 12.6. The molecule has 0 aromatic carbocycles. The van der Waals surface area contributed by atoms with Crippen molar-refractivity contribution in [3.8, 4) is 0 Å². The van der Waals surface area contributed by atoms with E-state index in [4.69, 9.17) is 9.47 Å². The van der Waals surface area contributed by atoms with Gasteiger partial charge in [-0.05, 0) is 0 Å². The molecule has 1 atom stereocenters. The van der Waals surface area contributed by atoms with Crippen molar-refractivity contribution in [3.63, 3.8) is 0 Å². The van der Waals surface area contributed by atoms with Crippen molar-refractivity contribution < 1.29 is 14.6 Å². The summed E-state index contributed by atoms with van der Waals surface area (Å²) in [5.41, 5.74) is -1.64. The first-order valence-electron chi connectivity index (χ1n) is 4.48. The second kappa shape index (κ2) is 5.54. The Labute approximate surface area is 90.4 Å². The number of ether oxygens (including phenoxy) is 2. The van der Waals surface area contributed by atoms with E-state index >= 15 is 0 Å². The SMILES string of the molecule is COC(OC)C(O)Cn1cn[nH]c(=O)c1=O. The Balaban J connectivity index is 2.85. The molecule has 1 aromatic heterocycles.